The van der Waals surface area contributed by atoms with Gasteiger partial charge in [0.1, 0.15) is 11.6 Å². The molecule has 6 nitrogen and oxygen atoms in total. The van der Waals surface area contributed by atoms with Gasteiger partial charge in [-0.15, -0.1) is 0 Å². The number of carbonyl (C=O) groups is 1. The quantitative estimate of drug-likeness (QED) is 0.491. The smallest absolute Gasteiger partial charge is 0.368 e. The molecule has 35 heavy (non-hydrogen) atoms. The number of aryl methyl sites for hydroxylation is 1. The zero-order chi connectivity index (χ0) is 25.2. The molecule has 10 heteroatoms. The number of rotatable bonds is 5. The third-order valence-electron chi connectivity index (χ3n) is 6.32. The summed E-state index contributed by atoms with van der Waals surface area (Å²) in [6.45, 7) is 4.28. The number of alkyl halides is 3. The second kappa shape index (κ2) is 9.97. The van der Waals surface area contributed by atoms with Crippen molar-refractivity contribution in [2.24, 2.45) is 5.92 Å². The van der Waals surface area contributed by atoms with E-state index in [9.17, 15) is 18.0 Å². The molecule has 1 saturated heterocycles. The van der Waals surface area contributed by atoms with Gasteiger partial charge in [0.25, 0.3) is 5.91 Å². The molecule has 1 aliphatic rings. The molecule has 1 amide bonds. The largest absolute Gasteiger partial charge is 0.417 e. The monoisotopic (exact) mass is 487 g/mol. The number of hydrogen-bond donors (Lipinski definition) is 1. The first-order valence-corrected chi connectivity index (χ1v) is 11.3. The van der Waals surface area contributed by atoms with Crippen molar-refractivity contribution in [3.8, 4) is 11.4 Å². The lowest BCUT2D eigenvalue weighted by molar-refractivity contribution is -0.137. The van der Waals surface area contributed by atoms with Crippen molar-refractivity contribution >= 4 is 11.7 Å². The van der Waals surface area contributed by atoms with E-state index in [-0.39, 0.29) is 35.7 Å². The number of piperidine rings is 1. The number of nitrogens with one attached hydrogen (secondary N) is 1. The van der Waals surface area contributed by atoms with Gasteiger partial charge in [-0.25, -0.2) is 19.3 Å². The van der Waals surface area contributed by atoms with E-state index >= 15 is 4.39 Å². The zero-order valence-electron chi connectivity index (χ0n) is 19.3. The van der Waals surface area contributed by atoms with E-state index in [0.717, 1.165) is 25.1 Å². The maximum absolute atomic E-state index is 15.3. The molecule has 3 aromatic rings. The Hall–Kier alpha value is -3.56. The predicted octanol–water partition coefficient (Wildman–Crippen LogP) is 5.36. The van der Waals surface area contributed by atoms with Gasteiger partial charge in [-0.05, 0) is 55.5 Å². The number of anilines is 1. The highest BCUT2D eigenvalue weighted by Crippen LogP contribution is 2.32. The molecule has 0 aliphatic carbocycles. The zero-order valence-corrected chi connectivity index (χ0v) is 19.3. The number of benzene rings is 1. The van der Waals surface area contributed by atoms with E-state index in [4.69, 9.17) is 0 Å². The van der Waals surface area contributed by atoms with Gasteiger partial charge in [-0.2, -0.15) is 13.2 Å². The topological polar surface area (TPSA) is 71.0 Å². The number of halogens is 4. The van der Waals surface area contributed by atoms with Crippen LogP contribution in [-0.2, 0) is 6.18 Å². The molecule has 0 spiro atoms. The highest BCUT2D eigenvalue weighted by Gasteiger charge is 2.35. The van der Waals surface area contributed by atoms with Crippen LogP contribution in [0.1, 0.15) is 41.3 Å². The lowest BCUT2D eigenvalue weighted by Gasteiger charge is -2.40. The molecular weight excluding hydrogens is 462 g/mol. The standard InChI is InChI=1S/C25H25F4N5O/c1-15-5-3-12-34(19(15)14-33-20-9-7-17(13-32-20)25(27,28)29)24(35)21-18(8-6-16(2)22(21)26)23-30-10-4-11-31-23/h4,6-11,13,15,19H,3,5,12,14H2,1-2H3,(H,32,33). The van der Waals surface area contributed by atoms with Crippen molar-refractivity contribution in [2.75, 3.05) is 18.4 Å². The number of aromatic nitrogens is 3. The van der Waals surface area contributed by atoms with Gasteiger partial charge in [0, 0.05) is 37.2 Å². The molecule has 2 unspecified atom stereocenters. The molecule has 0 bridgehead atoms. The number of carbonyl (C=O) groups excluding carboxylic acids is 1. The van der Waals surface area contributed by atoms with Crippen molar-refractivity contribution in [1.29, 1.82) is 0 Å². The Morgan fingerprint density at radius 2 is 1.89 bits per heavy atom. The summed E-state index contributed by atoms with van der Waals surface area (Å²) in [6, 6.07) is 6.77. The van der Waals surface area contributed by atoms with E-state index in [1.807, 2.05) is 6.92 Å². The summed E-state index contributed by atoms with van der Waals surface area (Å²) in [7, 11) is 0. The number of hydrogen-bond acceptors (Lipinski definition) is 5. The molecule has 1 aromatic carbocycles. The first-order valence-electron chi connectivity index (χ1n) is 11.3. The molecule has 0 radical (unpaired) electrons. The normalized spacial score (nSPS) is 18.4. The van der Waals surface area contributed by atoms with Crippen LogP contribution in [0.15, 0.2) is 48.9 Å². The second-order valence-electron chi connectivity index (χ2n) is 8.69. The molecule has 1 N–H and O–H groups in total. The molecule has 2 atom stereocenters. The fraction of sp³-hybridized carbons (Fsp3) is 0.360. The molecule has 2 aromatic heterocycles. The van der Waals surface area contributed by atoms with E-state index < -0.39 is 23.5 Å². The number of likely N-dealkylation sites (tertiary alicyclic amines) is 1. The summed E-state index contributed by atoms with van der Waals surface area (Å²) in [5.74, 6) is -0.479. The Bertz CT molecular complexity index is 1180. The Balaban J connectivity index is 1.61. The molecule has 3 heterocycles. The van der Waals surface area contributed by atoms with Gasteiger partial charge in [-0.1, -0.05) is 13.0 Å². The minimum atomic E-state index is -4.47. The molecule has 1 aliphatic heterocycles. The summed E-state index contributed by atoms with van der Waals surface area (Å²) in [5, 5.41) is 3.04. The van der Waals surface area contributed by atoms with Crippen molar-refractivity contribution in [3.05, 3.63) is 71.4 Å². The minimum absolute atomic E-state index is 0.0806. The van der Waals surface area contributed by atoms with E-state index in [0.29, 0.717) is 17.7 Å². The maximum atomic E-state index is 15.3. The highest BCUT2D eigenvalue weighted by atomic mass is 19.4. The number of pyridine rings is 1. The van der Waals surface area contributed by atoms with Gasteiger partial charge in [-0.3, -0.25) is 4.79 Å². The van der Waals surface area contributed by atoms with Crippen LogP contribution in [0.3, 0.4) is 0 Å². The van der Waals surface area contributed by atoms with Crippen molar-refractivity contribution in [1.82, 2.24) is 19.9 Å². The van der Waals surface area contributed by atoms with E-state index in [2.05, 4.69) is 20.3 Å². The Labute approximate surface area is 200 Å². The van der Waals surface area contributed by atoms with Crippen molar-refractivity contribution in [3.63, 3.8) is 0 Å². The Morgan fingerprint density at radius 1 is 1.14 bits per heavy atom. The fourth-order valence-corrected chi connectivity index (χ4v) is 4.35. The Morgan fingerprint density at radius 3 is 2.54 bits per heavy atom. The van der Waals surface area contributed by atoms with Crippen LogP contribution >= 0.6 is 0 Å². The van der Waals surface area contributed by atoms with Gasteiger partial charge >= 0.3 is 6.18 Å². The first-order chi connectivity index (χ1) is 16.7. The molecule has 4 rings (SSSR count). The summed E-state index contributed by atoms with van der Waals surface area (Å²) < 4.78 is 53.8. The minimum Gasteiger partial charge on any atom is -0.368 e. The number of nitrogens with zero attached hydrogens (tertiary/aromatic N) is 4. The van der Waals surface area contributed by atoms with Crippen molar-refractivity contribution in [2.45, 2.75) is 38.9 Å². The summed E-state index contributed by atoms with van der Waals surface area (Å²) >= 11 is 0. The van der Waals surface area contributed by atoms with Gasteiger partial charge in [0.15, 0.2) is 5.82 Å². The van der Waals surface area contributed by atoms with Crippen LogP contribution in [0, 0.1) is 18.7 Å². The Kier molecular flexibility index (Phi) is 7.00. The summed E-state index contributed by atoms with van der Waals surface area (Å²) in [5.41, 5.74) is -0.269. The van der Waals surface area contributed by atoms with E-state index in [1.54, 1.807) is 30.0 Å². The summed E-state index contributed by atoms with van der Waals surface area (Å²) in [6.07, 6.45) is 0.977. The molecular formula is C25H25F4N5O. The van der Waals surface area contributed by atoms with Crippen LogP contribution in [0.5, 0.6) is 0 Å². The molecule has 1 fully saturated rings. The lowest BCUT2D eigenvalue weighted by Crippen LogP contribution is -2.51. The van der Waals surface area contributed by atoms with E-state index in [1.165, 1.54) is 18.5 Å². The van der Waals surface area contributed by atoms with Crippen LogP contribution in [0.4, 0.5) is 23.4 Å². The van der Waals surface area contributed by atoms with Gasteiger partial charge in [0.2, 0.25) is 0 Å². The fourth-order valence-electron chi connectivity index (χ4n) is 4.35. The van der Waals surface area contributed by atoms with Crippen LogP contribution in [-0.4, -0.2) is 44.9 Å². The third kappa shape index (κ3) is 5.26. The van der Waals surface area contributed by atoms with Gasteiger partial charge in [0.05, 0.1) is 17.2 Å². The van der Waals surface area contributed by atoms with Crippen LogP contribution in [0.25, 0.3) is 11.4 Å². The lowest BCUT2D eigenvalue weighted by atomic mass is 9.89. The third-order valence-corrected chi connectivity index (χ3v) is 6.32. The predicted molar refractivity (Wildman–Crippen MR) is 123 cm³/mol. The molecule has 0 saturated carbocycles. The van der Waals surface area contributed by atoms with Gasteiger partial charge < -0.3 is 10.2 Å². The van der Waals surface area contributed by atoms with Crippen LogP contribution in [0.2, 0.25) is 0 Å². The second-order valence-corrected chi connectivity index (χ2v) is 8.69. The highest BCUT2D eigenvalue weighted by molar-refractivity contribution is 6.01. The number of amides is 1. The average Bonchev–Trinajstić information content (AvgIpc) is 2.84. The average molecular weight is 488 g/mol. The summed E-state index contributed by atoms with van der Waals surface area (Å²) in [4.78, 5) is 27.6. The maximum Gasteiger partial charge on any atom is 0.417 e. The first kappa shape index (κ1) is 24.6. The molecule has 184 valence electrons. The van der Waals surface area contributed by atoms with Crippen molar-refractivity contribution < 1.29 is 22.4 Å². The van der Waals surface area contributed by atoms with Crippen LogP contribution < -0.4 is 5.32 Å². The SMILES string of the molecule is Cc1ccc(-c2ncccn2)c(C(=O)N2CCCC(C)C2CNc2ccc(C(F)(F)F)cn2)c1F.